The van der Waals surface area contributed by atoms with Gasteiger partial charge in [-0.3, -0.25) is 4.79 Å². The average Bonchev–Trinajstić information content (AvgIpc) is 2.49. The summed E-state index contributed by atoms with van der Waals surface area (Å²) in [5, 5.41) is 14.5. The SMILES string of the molecule is CCCCCCC(=O)NCc1cccc(/C(N)=N/O)c1. The van der Waals surface area contributed by atoms with E-state index in [4.69, 9.17) is 10.9 Å². The Labute approximate surface area is 119 Å². The number of nitrogens with zero attached hydrogens (tertiary/aromatic N) is 1. The smallest absolute Gasteiger partial charge is 0.220 e. The highest BCUT2D eigenvalue weighted by Crippen LogP contribution is 2.06. The number of hydrogen-bond donors (Lipinski definition) is 3. The standard InChI is InChI=1S/C15H23N3O2/c1-2-3-4-5-9-14(19)17-11-12-7-6-8-13(10-12)15(16)18-20/h6-8,10,20H,2-5,9,11H2,1H3,(H2,16,18)(H,17,19). The Kier molecular flexibility index (Phi) is 7.17. The molecule has 5 nitrogen and oxygen atoms in total. The van der Waals surface area contributed by atoms with E-state index in [1.54, 1.807) is 12.1 Å². The van der Waals surface area contributed by atoms with Gasteiger partial charge in [-0.15, -0.1) is 0 Å². The number of carbonyl (C=O) groups excluding carboxylic acids is 1. The first kappa shape index (κ1) is 16.0. The lowest BCUT2D eigenvalue weighted by Gasteiger charge is -2.07. The van der Waals surface area contributed by atoms with E-state index in [2.05, 4.69) is 17.4 Å². The summed E-state index contributed by atoms with van der Waals surface area (Å²) in [5.41, 5.74) is 7.09. The van der Waals surface area contributed by atoms with E-state index < -0.39 is 0 Å². The number of rotatable bonds is 8. The molecular formula is C15H23N3O2. The molecule has 0 atom stereocenters. The van der Waals surface area contributed by atoms with Crippen LogP contribution < -0.4 is 11.1 Å². The Hall–Kier alpha value is -2.04. The highest BCUT2D eigenvalue weighted by molar-refractivity contribution is 5.97. The van der Waals surface area contributed by atoms with E-state index in [0.29, 0.717) is 18.5 Å². The largest absolute Gasteiger partial charge is 0.409 e. The summed E-state index contributed by atoms with van der Waals surface area (Å²) in [7, 11) is 0. The number of hydrogen-bond acceptors (Lipinski definition) is 3. The Bertz CT molecular complexity index is 458. The molecule has 0 aromatic heterocycles. The maximum Gasteiger partial charge on any atom is 0.220 e. The maximum absolute atomic E-state index is 11.7. The van der Waals surface area contributed by atoms with Crippen LogP contribution in [0.25, 0.3) is 0 Å². The van der Waals surface area contributed by atoms with Crippen molar-refractivity contribution in [3.05, 3.63) is 35.4 Å². The molecule has 0 saturated heterocycles. The van der Waals surface area contributed by atoms with Crippen molar-refractivity contribution >= 4 is 11.7 Å². The van der Waals surface area contributed by atoms with E-state index in [-0.39, 0.29) is 11.7 Å². The molecule has 110 valence electrons. The molecule has 5 heteroatoms. The second-order valence-electron chi connectivity index (χ2n) is 4.77. The molecule has 0 aliphatic carbocycles. The highest BCUT2D eigenvalue weighted by atomic mass is 16.4. The molecule has 0 aliphatic rings. The minimum Gasteiger partial charge on any atom is -0.409 e. The summed E-state index contributed by atoms with van der Waals surface area (Å²) in [5.74, 6) is 0.132. The molecule has 1 aromatic rings. The summed E-state index contributed by atoms with van der Waals surface area (Å²) in [6, 6.07) is 7.26. The molecule has 0 heterocycles. The van der Waals surface area contributed by atoms with Crippen LogP contribution in [0.5, 0.6) is 0 Å². The maximum atomic E-state index is 11.7. The van der Waals surface area contributed by atoms with Crippen molar-refractivity contribution in [2.45, 2.75) is 45.6 Å². The Balaban J connectivity index is 2.39. The fraction of sp³-hybridized carbons (Fsp3) is 0.467. The van der Waals surface area contributed by atoms with Gasteiger partial charge in [0.25, 0.3) is 0 Å². The Morgan fingerprint density at radius 1 is 1.35 bits per heavy atom. The number of oxime groups is 1. The molecule has 1 rings (SSSR count). The lowest BCUT2D eigenvalue weighted by molar-refractivity contribution is -0.121. The average molecular weight is 277 g/mol. The summed E-state index contributed by atoms with van der Waals surface area (Å²) in [6.45, 7) is 2.60. The fourth-order valence-electron chi connectivity index (χ4n) is 1.90. The summed E-state index contributed by atoms with van der Waals surface area (Å²) in [6.07, 6.45) is 4.95. The number of amides is 1. The number of unbranched alkanes of at least 4 members (excludes halogenated alkanes) is 3. The number of benzene rings is 1. The van der Waals surface area contributed by atoms with Crippen LogP contribution in [0, 0.1) is 0 Å². The third-order valence-electron chi connectivity index (χ3n) is 3.08. The molecule has 0 saturated carbocycles. The van der Waals surface area contributed by atoms with Gasteiger partial charge in [0.15, 0.2) is 5.84 Å². The molecule has 1 aromatic carbocycles. The topological polar surface area (TPSA) is 87.7 Å². The summed E-state index contributed by atoms with van der Waals surface area (Å²) in [4.78, 5) is 11.7. The van der Waals surface area contributed by atoms with Gasteiger partial charge in [-0.25, -0.2) is 0 Å². The monoisotopic (exact) mass is 277 g/mol. The van der Waals surface area contributed by atoms with Crippen LogP contribution in [0.4, 0.5) is 0 Å². The van der Waals surface area contributed by atoms with Crippen LogP contribution in [-0.4, -0.2) is 17.0 Å². The van der Waals surface area contributed by atoms with Crippen LogP contribution in [0.1, 0.15) is 50.2 Å². The van der Waals surface area contributed by atoms with E-state index in [9.17, 15) is 4.79 Å². The number of amidine groups is 1. The third kappa shape index (κ3) is 5.73. The second kappa shape index (κ2) is 8.96. The predicted molar refractivity (Wildman–Crippen MR) is 79.6 cm³/mol. The molecule has 0 radical (unpaired) electrons. The first-order valence-electron chi connectivity index (χ1n) is 7.01. The van der Waals surface area contributed by atoms with Crippen molar-refractivity contribution in [3.8, 4) is 0 Å². The quantitative estimate of drug-likeness (QED) is 0.224. The molecule has 4 N–H and O–H groups in total. The van der Waals surface area contributed by atoms with Gasteiger partial charge >= 0.3 is 0 Å². The summed E-state index contributed by atoms with van der Waals surface area (Å²) >= 11 is 0. The van der Waals surface area contributed by atoms with E-state index in [0.717, 1.165) is 18.4 Å². The van der Waals surface area contributed by atoms with E-state index in [1.807, 2.05) is 12.1 Å². The fourth-order valence-corrected chi connectivity index (χ4v) is 1.90. The minimum atomic E-state index is 0.0651. The Morgan fingerprint density at radius 3 is 2.85 bits per heavy atom. The molecule has 0 spiro atoms. The predicted octanol–water partition coefficient (Wildman–Crippen LogP) is 2.37. The van der Waals surface area contributed by atoms with Gasteiger partial charge in [-0.2, -0.15) is 0 Å². The van der Waals surface area contributed by atoms with Crippen molar-refractivity contribution in [2.24, 2.45) is 10.9 Å². The molecule has 0 aliphatic heterocycles. The van der Waals surface area contributed by atoms with E-state index in [1.165, 1.54) is 12.8 Å². The van der Waals surface area contributed by atoms with Gasteiger partial charge in [0.1, 0.15) is 0 Å². The first-order chi connectivity index (χ1) is 9.67. The van der Waals surface area contributed by atoms with Crippen LogP contribution in [0.2, 0.25) is 0 Å². The zero-order valence-electron chi connectivity index (χ0n) is 11.9. The number of carbonyl (C=O) groups is 1. The summed E-state index contributed by atoms with van der Waals surface area (Å²) < 4.78 is 0. The van der Waals surface area contributed by atoms with Gasteiger partial charge in [0.2, 0.25) is 5.91 Å². The van der Waals surface area contributed by atoms with Gasteiger partial charge in [-0.1, -0.05) is 49.5 Å². The second-order valence-corrected chi connectivity index (χ2v) is 4.77. The van der Waals surface area contributed by atoms with Crippen LogP contribution in [0.3, 0.4) is 0 Å². The van der Waals surface area contributed by atoms with Gasteiger partial charge < -0.3 is 16.3 Å². The van der Waals surface area contributed by atoms with Crippen LogP contribution in [0.15, 0.2) is 29.4 Å². The van der Waals surface area contributed by atoms with Gasteiger partial charge in [-0.05, 0) is 18.1 Å². The van der Waals surface area contributed by atoms with Gasteiger partial charge in [0.05, 0.1) is 0 Å². The lowest BCUT2D eigenvalue weighted by Crippen LogP contribution is -2.22. The molecule has 0 unspecified atom stereocenters. The van der Waals surface area contributed by atoms with Gasteiger partial charge in [0, 0.05) is 18.5 Å². The molecular weight excluding hydrogens is 254 g/mol. The van der Waals surface area contributed by atoms with Crippen molar-refractivity contribution in [2.75, 3.05) is 0 Å². The van der Waals surface area contributed by atoms with Crippen molar-refractivity contribution < 1.29 is 10.0 Å². The molecule has 0 bridgehead atoms. The van der Waals surface area contributed by atoms with Crippen LogP contribution >= 0.6 is 0 Å². The highest BCUT2D eigenvalue weighted by Gasteiger charge is 2.03. The zero-order valence-corrected chi connectivity index (χ0v) is 11.9. The normalized spacial score (nSPS) is 11.3. The minimum absolute atomic E-state index is 0.0651. The molecule has 0 fully saturated rings. The Morgan fingerprint density at radius 2 is 2.15 bits per heavy atom. The number of nitrogens with one attached hydrogen (secondary N) is 1. The number of nitrogens with two attached hydrogens (primary N) is 1. The van der Waals surface area contributed by atoms with Crippen LogP contribution in [-0.2, 0) is 11.3 Å². The molecule has 1 amide bonds. The molecule has 20 heavy (non-hydrogen) atoms. The van der Waals surface area contributed by atoms with E-state index >= 15 is 0 Å². The first-order valence-corrected chi connectivity index (χ1v) is 7.01. The van der Waals surface area contributed by atoms with Crippen molar-refractivity contribution in [1.82, 2.24) is 5.32 Å². The zero-order chi connectivity index (χ0) is 14.8. The third-order valence-corrected chi connectivity index (χ3v) is 3.08. The van der Waals surface area contributed by atoms with Crippen molar-refractivity contribution in [3.63, 3.8) is 0 Å². The lowest BCUT2D eigenvalue weighted by atomic mass is 10.1. The van der Waals surface area contributed by atoms with Crippen molar-refractivity contribution in [1.29, 1.82) is 0 Å².